The van der Waals surface area contributed by atoms with Gasteiger partial charge in [-0.2, -0.15) is 0 Å². The Morgan fingerprint density at radius 3 is 2.39 bits per heavy atom. The first-order valence-corrected chi connectivity index (χ1v) is 14.5. The highest BCUT2D eigenvalue weighted by Gasteiger charge is 2.53. The summed E-state index contributed by atoms with van der Waals surface area (Å²) in [5.74, 6) is -0.292. The first-order valence-electron chi connectivity index (χ1n) is 14.5. The molecule has 41 heavy (non-hydrogen) atoms. The van der Waals surface area contributed by atoms with Gasteiger partial charge in [0.1, 0.15) is 18.2 Å². The van der Waals surface area contributed by atoms with Crippen LogP contribution in [0.2, 0.25) is 0 Å². The summed E-state index contributed by atoms with van der Waals surface area (Å²) in [7, 11) is 0. The summed E-state index contributed by atoms with van der Waals surface area (Å²) < 4.78 is 5.22. The van der Waals surface area contributed by atoms with E-state index in [9.17, 15) is 19.2 Å². The molecule has 2 heterocycles. The van der Waals surface area contributed by atoms with Crippen LogP contribution in [-0.2, 0) is 25.7 Å². The van der Waals surface area contributed by atoms with E-state index in [0.29, 0.717) is 58.3 Å². The summed E-state index contributed by atoms with van der Waals surface area (Å²) in [5.41, 5.74) is 0.944. The Bertz CT molecular complexity index is 1210. The fourth-order valence-electron chi connectivity index (χ4n) is 5.49. The summed E-state index contributed by atoms with van der Waals surface area (Å²) >= 11 is 0. The van der Waals surface area contributed by atoms with Crippen LogP contribution in [0.3, 0.4) is 0 Å². The molecule has 0 unspecified atom stereocenters. The molecule has 0 radical (unpaired) electrons. The number of nitrogens with one attached hydrogen (secondary N) is 2. The number of unbranched alkanes of at least 4 members (excludes halogenated alkanes) is 1. The molecule has 4 rings (SSSR count). The van der Waals surface area contributed by atoms with Crippen LogP contribution in [0.4, 0.5) is 4.79 Å². The number of piperazine rings is 1. The highest BCUT2D eigenvalue weighted by atomic mass is 16.5. The maximum absolute atomic E-state index is 13.5. The summed E-state index contributed by atoms with van der Waals surface area (Å²) in [6.45, 7) is 3.96. The first-order chi connectivity index (χ1) is 19.9. The van der Waals surface area contributed by atoms with Crippen LogP contribution in [0, 0.1) is 0 Å². The van der Waals surface area contributed by atoms with Gasteiger partial charge in [0, 0.05) is 32.3 Å². The minimum atomic E-state index is -0.923. The SMILES string of the molecule is CCCN1C(=O)[C@H](CCCCNC(=O)OCc2ccccc2)NC(=O)C12CCN(C(=O)/C=C/c1ccccc1)CC2. The fourth-order valence-corrected chi connectivity index (χ4v) is 5.49. The highest BCUT2D eigenvalue weighted by molar-refractivity contribution is 6.00. The zero-order valence-corrected chi connectivity index (χ0v) is 23.7. The van der Waals surface area contributed by atoms with E-state index in [-0.39, 0.29) is 24.3 Å². The van der Waals surface area contributed by atoms with Gasteiger partial charge in [0.25, 0.3) is 0 Å². The topological polar surface area (TPSA) is 108 Å². The van der Waals surface area contributed by atoms with Gasteiger partial charge in [-0.05, 0) is 55.7 Å². The maximum Gasteiger partial charge on any atom is 0.407 e. The van der Waals surface area contributed by atoms with Crippen molar-refractivity contribution in [1.82, 2.24) is 20.4 Å². The minimum absolute atomic E-state index is 0.0644. The number of ether oxygens (including phenoxy) is 1. The molecule has 2 aliphatic rings. The lowest BCUT2D eigenvalue weighted by Crippen LogP contribution is -2.73. The average molecular weight is 561 g/mol. The number of rotatable bonds is 11. The second kappa shape index (κ2) is 14.5. The van der Waals surface area contributed by atoms with E-state index in [1.54, 1.807) is 22.0 Å². The lowest BCUT2D eigenvalue weighted by atomic mass is 9.81. The van der Waals surface area contributed by atoms with Gasteiger partial charge in [-0.3, -0.25) is 14.4 Å². The number of alkyl carbamates (subject to hydrolysis) is 1. The van der Waals surface area contributed by atoms with Gasteiger partial charge in [0.15, 0.2) is 0 Å². The van der Waals surface area contributed by atoms with Crippen molar-refractivity contribution < 1.29 is 23.9 Å². The predicted octanol–water partition coefficient (Wildman–Crippen LogP) is 3.89. The Morgan fingerprint density at radius 1 is 1.02 bits per heavy atom. The van der Waals surface area contributed by atoms with Crippen molar-refractivity contribution in [3.05, 3.63) is 77.9 Å². The van der Waals surface area contributed by atoms with E-state index in [4.69, 9.17) is 4.74 Å². The number of hydrogen-bond acceptors (Lipinski definition) is 5. The van der Waals surface area contributed by atoms with Gasteiger partial charge in [-0.25, -0.2) is 4.79 Å². The normalized spacial score (nSPS) is 18.4. The van der Waals surface area contributed by atoms with Gasteiger partial charge >= 0.3 is 6.09 Å². The first kappa shape index (κ1) is 29.8. The molecular formula is C32H40N4O5. The second-order valence-electron chi connectivity index (χ2n) is 10.6. The van der Waals surface area contributed by atoms with Crippen LogP contribution >= 0.6 is 0 Å². The summed E-state index contributed by atoms with van der Waals surface area (Å²) in [6, 6.07) is 18.5. The van der Waals surface area contributed by atoms with Crippen LogP contribution in [-0.4, -0.2) is 71.4 Å². The zero-order chi connectivity index (χ0) is 29.1. The van der Waals surface area contributed by atoms with Crippen LogP contribution in [0.25, 0.3) is 6.08 Å². The molecule has 9 heteroatoms. The third kappa shape index (κ3) is 7.74. The van der Waals surface area contributed by atoms with Gasteiger partial charge in [0.05, 0.1) is 0 Å². The van der Waals surface area contributed by atoms with Crippen LogP contribution in [0.1, 0.15) is 56.6 Å². The highest BCUT2D eigenvalue weighted by Crippen LogP contribution is 2.34. The summed E-state index contributed by atoms with van der Waals surface area (Å²) in [4.78, 5) is 55.2. The smallest absolute Gasteiger partial charge is 0.407 e. The molecule has 1 spiro atoms. The van der Waals surface area contributed by atoms with Crippen molar-refractivity contribution in [3.63, 3.8) is 0 Å². The molecule has 0 aromatic heterocycles. The molecule has 2 aliphatic heterocycles. The monoisotopic (exact) mass is 560 g/mol. The number of amides is 4. The van der Waals surface area contributed by atoms with Crippen LogP contribution in [0.15, 0.2) is 66.7 Å². The standard InChI is InChI=1S/C32H40N4O5/c1-2-21-36-29(38)27(15-9-10-20-33-31(40)41-24-26-13-7-4-8-14-26)34-30(39)32(36)18-22-35(23-19-32)28(37)17-16-25-11-5-3-6-12-25/h3-8,11-14,16-17,27H,2,9-10,15,18-24H2,1H3,(H,33,40)(H,34,39)/b17-16+/t27-/m0/s1. The molecule has 0 aliphatic carbocycles. The lowest BCUT2D eigenvalue weighted by Gasteiger charge is -2.51. The number of carbonyl (C=O) groups is 4. The maximum atomic E-state index is 13.5. The van der Waals surface area contributed by atoms with Crippen LogP contribution in [0.5, 0.6) is 0 Å². The van der Waals surface area contributed by atoms with E-state index >= 15 is 0 Å². The molecule has 2 N–H and O–H groups in total. The number of nitrogens with zero attached hydrogens (tertiary/aromatic N) is 2. The van der Waals surface area contributed by atoms with Crippen molar-refractivity contribution in [2.45, 2.75) is 63.6 Å². The number of carbonyl (C=O) groups excluding carboxylic acids is 4. The van der Waals surface area contributed by atoms with Gasteiger partial charge in [-0.1, -0.05) is 67.6 Å². The zero-order valence-electron chi connectivity index (χ0n) is 23.7. The van der Waals surface area contributed by atoms with E-state index in [1.807, 2.05) is 67.6 Å². The average Bonchev–Trinajstić information content (AvgIpc) is 3.00. The molecule has 1 atom stereocenters. The largest absolute Gasteiger partial charge is 0.445 e. The summed E-state index contributed by atoms with van der Waals surface area (Å²) in [5, 5.41) is 5.72. The lowest BCUT2D eigenvalue weighted by molar-refractivity contribution is -0.162. The molecule has 4 amide bonds. The van der Waals surface area contributed by atoms with Crippen LogP contribution < -0.4 is 10.6 Å². The molecule has 2 aromatic rings. The predicted molar refractivity (Wildman–Crippen MR) is 156 cm³/mol. The quantitative estimate of drug-likeness (QED) is 0.320. The van der Waals surface area contributed by atoms with Crippen molar-refractivity contribution in [2.75, 3.05) is 26.2 Å². The molecular weight excluding hydrogens is 520 g/mol. The summed E-state index contributed by atoms with van der Waals surface area (Å²) in [6.07, 6.45) is 6.27. The Hall–Kier alpha value is -4.14. The number of hydrogen-bond donors (Lipinski definition) is 2. The third-order valence-corrected chi connectivity index (χ3v) is 7.78. The number of benzene rings is 2. The molecule has 9 nitrogen and oxygen atoms in total. The second-order valence-corrected chi connectivity index (χ2v) is 10.6. The van der Waals surface area contributed by atoms with Crippen molar-refractivity contribution in [2.24, 2.45) is 0 Å². The molecule has 2 aromatic carbocycles. The molecule has 0 bridgehead atoms. The number of likely N-dealkylation sites (tertiary alicyclic amines) is 1. The van der Waals surface area contributed by atoms with E-state index < -0.39 is 17.7 Å². The van der Waals surface area contributed by atoms with Gasteiger partial charge in [0.2, 0.25) is 17.7 Å². The van der Waals surface area contributed by atoms with Crippen molar-refractivity contribution in [1.29, 1.82) is 0 Å². The van der Waals surface area contributed by atoms with E-state index in [0.717, 1.165) is 17.5 Å². The van der Waals surface area contributed by atoms with Gasteiger partial charge in [-0.15, -0.1) is 0 Å². The Balaban J connectivity index is 1.24. The Labute approximate surface area is 241 Å². The van der Waals surface area contributed by atoms with E-state index in [1.165, 1.54) is 0 Å². The van der Waals surface area contributed by atoms with Gasteiger partial charge < -0.3 is 25.2 Å². The molecule has 2 fully saturated rings. The fraction of sp³-hybridized carbons (Fsp3) is 0.438. The Morgan fingerprint density at radius 2 is 1.71 bits per heavy atom. The third-order valence-electron chi connectivity index (χ3n) is 7.78. The number of piperidine rings is 1. The van der Waals surface area contributed by atoms with Crippen molar-refractivity contribution in [3.8, 4) is 0 Å². The molecule has 218 valence electrons. The van der Waals surface area contributed by atoms with E-state index in [2.05, 4.69) is 10.6 Å². The van der Waals surface area contributed by atoms with Crippen molar-refractivity contribution >= 4 is 29.9 Å². The molecule has 0 saturated carbocycles. The minimum Gasteiger partial charge on any atom is -0.445 e. The Kier molecular flexibility index (Phi) is 10.5. The molecule has 2 saturated heterocycles.